The molecule has 3 N–H and O–H groups in total. The fourth-order valence-electron chi connectivity index (χ4n) is 4.30. The molecule has 0 spiro atoms. The molecule has 1 heterocycles. The summed E-state index contributed by atoms with van der Waals surface area (Å²) in [5, 5.41) is 15.2. The van der Waals surface area contributed by atoms with Gasteiger partial charge in [-0.1, -0.05) is 58.0 Å². The van der Waals surface area contributed by atoms with Crippen molar-refractivity contribution in [2.75, 3.05) is 13.2 Å². The van der Waals surface area contributed by atoms with Crippen LogP contribution in [-0.4, -0.2) is 53.6 Å². The molecule has 0 bridgehead atoms. The molecule has 3 atom stereocenters. The van der Waals surface area contributed by atoms with E-state index < -0.39 is 36.1 Å². The van der Waals surface area contributed by atoms with E-state index in [0.29, 0.717) is 18.4 Å². The number of Topliss-reactive ketones (excluding diaryl/α,β-unsaturated/α-hetero) is 1. The Kier molecular flexibility index (Phi) is 9.56. The number of halogens is 1. The maximum atomic E-state index is 14.3. The number of epoxide rings is 1. The number of hydrogen-bond acceptors (Lipinski definition) is 5. The Morgan fingerprint density at radius 2 is 1.65 bits per heavy atom. The summed E-state index contributed by atoms with van der Waals surface area (Å²) >= 11 is 0. The van der Waals surface area contributed by atoms with Crippen LogP contribution >= 0.6 is 0 Å². The van der Waals surface area contributed by atoms with E-state index >= 15 is 0 Å². The van der Waals surface area contributed by atoms with Crippen molar-refractivity contribution in [1.29, 1.82) is 0 Å². The summed E-state index contributed by atoms with van der Waals surface area (Å²) in [4.78, 5) is 39.7. The average Bonchev–Trinajstić information content (AvgIpc) is 3.65. The minimum Gasteiger partial charge on any atom is -0.393 e. The summed E-state index contributed by atoms with van der Waals surface area (Å²) in [5.74, 6) is -1.49. The molecule has 2 aromatic carbocycles. The Morgan fingerprint density at radius 1 is 0.973 bits per heavy atom. The molecule has 1 aliphatic rings. The summed E-state index contributed by atoms with van der Waals surface area (Å²) in [6.07, 6.45) is 1.04. The third-order valence-electron chi connectivity index (χ3n) is 6.38. The predicted molar refractivity (Wildman–Crippen MR) is 139 cm³/mol. The second-order valence-electron chi connectivity index (χ2n) is 10.6. The Hall–Kier alpha value is -3.10. The maximum Gasteiger partial charge on any atom is 0.251 e. The van der Waals surface area contributed by atoms with Gasteiger partial charge in [-0.25, -0.2) is 4.39 Å². The van der Waals surface area contributed by atoms with E-state index in [4.69, 9.17) is 4.74 Å². The summed E-state index contributed by atoms with van der Waals surface area (Å²) in [6.45, 7) is 7.45. The first-order valence-electron chi connectivity index (χ1n) is 12.8. The van der Waals surface area contributed by atoms with Gasteiger partial charge in [0, 0.05) is 12.0 Å². The van der Waals surface area contributed by atoms with Gasteiger partial charge in [0.05, 0.1) is 19.3 Å². The van der Waals surface area contributed by atoms with Gasteiger partial charge >= 0.3 is 0 Å². The number of aliphatic hydroxyl groups excluding tert-OH is 1. The van der Waals surface area contributed by atoms with Crippen molar-refractivity contribution in [3.63, 3.8) is 0 Å². The molecule has 8 heteroatoms. The monoisotopic (exact) mass is 512 g/mol. The molecule has 2 aromatic rings. The van der Waals surface area contributed by atoms with Crippen LogP contribution < -0.4 is 10.6 Å². The number of carbonyl (C=O) groups excluding carboxylic acids is 3. The Morgan fingerprint density at radius 3 is 2.22 bits per heavy atom. The first-order chi connectivity index (χ1) is 17.5. The number of hydrogen-bond donors (Lipinski definition) is 3. The fraction of sp³-hybridized carbons (Fsp3) is 0.483. The van der Waals surface area contributed by atoms with E-state index in [1.807, 2.05) is 58.0 Å². The topological polar surface area (TPSA) is 108 Å². The molecule has 37 heavy (non-hydrogen) atoms. The molecule has 0 saturated carbocycles. The molecule has 2 amide bonds. The third-order valence-corrected chi connectivity index (χ3v) is 6.38. The van der Waals surface area contributed by atoms with E-state index in [9.17, 15) is 23.9 Å². The number of benzene rings is 2. The first kappa shape index (κ1) is 28.5. The number of carbonyl (C=O) groups is 3. The molecule has 1 aliphatic heterocycles. The second kappa shape index (κ2) is 12.4. The summed E-state index contributed by atoms with van der Waals surface area (Å²) in [6, 6.07) is 11.5. The van der Waals surface area contributed by atoms with Crippen LogP contribution in [-0.2, 0) is 27.2 Å². The van der Waals surface area contributed by atoms with E-state index in [2.05, 4.69) is 10.6 Å². The van der Waals surface area contributed by atoms with Crippen LogP contribution in [0.4, 0.5) is 4.39 Å². The lowest BCUT2D eigenvalue weighted by molar-refractivity contribution is -0.132. The van der Waals surface area contributed by atoms with Crippen LogP contribution in [0.15, 0.2) is 48.5 Å². The van der Waals surface area contributed by atoms with Crippen molar-refractivity contribution in [2.24, 2.45) is 11.8 Å². The molecule has 1 fully saturated rings. The van der Waals surface area contributed by atoms with Crippen LogP contribution in [0.5, 0.6) is 0 Å². The Labute approximate surface area is 217 Å². The van der Waals surface area contributed by atoms with Crippen LogP contribution in [0.25, 0.3) is 0 Å². The van der Waals surface area contributed by atoms with Crippen molar-refractivity contribution >= 4 is 17.6 Å². The Bertz CT molecular complexity index is 1100. The van der Waals surface area contributed by atoms with Gasteiger partial charge in [-0.15, -0.1) is 0 Å². The van der Waals surface area contributed by atoms with Crippen LogP contribution in [0.3, 0.4) is 0 Å². The second-order valence-corrected chi connectivity index (χ2v) is 10.6. The molecule has 0 unspecified atom stereocenters. The molecule has 3 rings (SSSR count). The van der Waals surface area contributed by atoms with Gasteiger partial charge in [-0.3, -0.25) is 14.4 Å². The molecular formula is C29H37FN2O5. The number of ketones is 1. The summed E-state index contributed by atoms with van der Waals surface area (Å²) in [7, 11) is 0. The molecule has 200 valence electrons. The molecule has 1 saturated heterocycles. The quantitative estimate of drug-likeness (QED) is 0.357. The highest BCUT2D eigenvalue weighted by Crippen LogP contribution is 2.30. The van der Waals surface area contributed by atoms with Gasteiger partial charge in [0.2, 0.25) is 5.91 Å². The number of ether oxygens (including phenoxy) is 1. The third kappa shape index (κ3) is 7.69. The van der Waals surface area contributed by atoms with Gasteiger partial charge in [-0.2, -0.15) is 0 Å². The van der Waals surface area contributed by atoms with Crippen molar-refractivity contribution in [3.05, 3.63) is 71.0 Å². The van der Waals surface area contributed by atoms with Gasteiger partial charge in [0.1, 0.15) is 11.9 Å². The van der Waals surface area contributed by atoms with Crippen molar-refractivity contribution in [2.45, 2.75) is 64.6 Å². The zero-order valence-electron chi connectivity index (χ0n) is 21.9. The van der Waals surface area contributed by atoms with Gasteiger partial charge in [0.15, 0.2) is 11.4 Å². The highest BCUT2D eigenvalue weighted by atomic mass is 19.1. The first-order valence-corrected chi connectivity index (χ1v) is 12.8. The zero-order valence-corrected chi connectivity index (χ0v) is 21.9. The lowest BCUT2D eigenvalue weighted by atomic mass is 9.92. The van der Waals surface area contributed by atoms with Gasteiger partial charge in [0.25, 0.3) is 5.91 Å². The van der Waals surface area contributed by atoms with Gasteiger partial charge < -0.3 is 20.5 Å². The number of nitrogens with one attached hydrogen (secondary N) is 2. The molecule has 0 aromatic heterocycles. The Balaban J connectivity index is 1.83. The number of amides is 2. The predicted octanol–water partition coefficient (Wildman–Crippen LogP) is 3.23. The van der Waals surface area contributed by atoms with E-state index in [1.165, 1.54) is 18.2 Å². The van der Waals surface area contributed by atoms with Gasteiger partial charge in [-0.05, 0) is 54.0 Å². The number of rotatable bonds is 13. The van der Waals surface area contributed by atoms with Crippen molar-refractivity contribution < 1.29 is 28.6 Å². The molecule has 0 aliphatic carbocycles. The molecule has 0 radical (unpaired) electrons. The summed E-state index contributed by atoms with van der Waals surface area (Å²) < 4.78 is 19.5. The average molecular weight is 513 g/mol. The van der Waals surface area contributed by atoms with Crippen molar-refractivity contribution in [1.82, 2.24) is 10.6 Å². The lowest BCUT2D eigenvalue weighted by Crippen LogP contribution is -2.55. The molecule has 7 nitrogen and oxygen atoms in total. The summed E-state index contributed by atoms with van der Waals surface area (Å²) in [5.41, 5.74) is 0.245. The van der Waals surface area contributed by atoms with Crippen LogP contribution in [0.2, 0.25) is 0 Å². The smallest absolute Gasteiger partial charge is 0.251 e. The minimum atomic E-state index is -1.27. The SMILES string of the molecule is CC(C)Cc1cc(C(=O)N[C@@H](Cc2ccccc2)C(=O)N[C@@H](CC(C)C)C(=O)[C@@]2(CO)CO2)ccc1F. The zero-order chi connectivity index (χ0) is 27.2. The maximum absolute atomic E-state index is 14.3. The lowest BCUT2D eigenvalue weighted by Gasteiger charge is -2.25. The highest BCUT2D eigenvalue weighted by Gasteiger charge is 2.54. The van der Waals surface area contributed by atoms with Crippen molar-refractivity contribution in [3.8, 4) is 0 Å². The normalized spacial score (nSPS) is 18.4. The van der Waals surface area contributed by atoms with E-state index in [-0.39, 0.29) is 42.0 Å². The van der Waals surface area contributed by atoms with Crippen LogP contribution in [0.1, 0.15) is 55.6 Å². The number of aliphatic hydroxyl groups is 1. The van der Waals surface area contributed by atoms with E-state index in [0.717, 1.165) is 5.56 Å². The minimum absolute atomic E-state index is 0.0875. The molecular weight excluding hydrogens is 475 g/mol. The largest absolute Gasteiger partial charge is 0.393 e. The van der Waals surface area contributed by atoms with Crippen LogP contribution in [0, 0.1) is 17.7 Å². The standard InChI is InChI=1S/C29H37FN2O5/c1-18(2)12-22-15-21(10-11-23(22)30)27(35)32-25(14-20-8-6-5-7-9-20)28(36)31-24(13-19(3)4)26(34)29(16-33)17-37-29/h5-11,15,18-19,24-25,33H,12-14,16-17H2,1-4H3,(H,31,36)(H,32,35)/t24-,25-,29+/m0/s1. The van der Waals surface area contributed by atoms with E-state index in [1.54, 1.807) is 0 Å². The fourth-order valence-corrected chi connectivity index (χ4v) is 4.30. The highest BCUT2D eigenvalue weighted by molar-refractivity contribution is 6.00.